The molecule has 3 aliphatic rings. The number of aromatic amines is 1. The number of rotatable bonds is 4. The second-order valence-electron chi connectivity index (χ2n) is 6.90. The average molecular weight is 286 g/mol. The fourth-order valence-electron chi connectivity index (χ4n) is 3.96. The summed E-state index contributed by atoms with van der Waals surface area (Å²) in [6.07, 6.45) is 4.06. The molecule has 3 nitrogen and oxygen atoms in total. The Morgan fingerprint density at radius 1 is 1.38 bits per heavy atom. The lowest BCUT2D eigenvalue weighted by molar-refractivity contribution is -0.214. The number of aromatic nitrogens is 1. The van der Waals surface area contributed by atoms with Crippen molar-refractivity contribution in [2.45, 2.75) is 44.3 Å². The Morgan fingerprint density at radius 2 is 2.10 bits per heavy atom. The Hall–Kier alpha value is -1.84. The second kappa shape index (κ2) is 4.09. The second-order valence-corrected chi connectivity index (χ2v) is 6.90. The molecule has 0 saturated heterocycles. The van der Waals surface area contributed by atoms with Gasteiger partial charge in [-0.3, -0.25) is 4.79 Å². The van der Waals surface area contributed by atoms with Gasteiger partial charge in [0.05, 0.1) is 5.41 Å². The number of H-pyrrole nitrogens is 1. The van der Waals surface area contributed by atoms with Crippen LogP contribution in [0.5, 0.6) is 0 Å². The lowest BCUT2D eigenvalue weighted by Gasteiger charge is -2.64. The SMILES string of the molecule is C[C@H](Cc1c[nH]c2ccccc12)NC(=O)C12CC(F)(C1)C2. The first-order chi connectivity index (χ1) is 10.00. The van der Waals surface area contributed by atoms with Crippen molar-refractivity contribution in [2.24, 2.45) is 5.41 Å². The molecular weight excluding hydrogens is 267 g/mol. The standard InChI is InChI=1S/C17H19FN2O/c1-11(20-15(21)16-8-17(18,9-16)10-16)6-12-7-19-14-5-3-2-4-13(12)14/h2-5,7,11,19H,6,8-10H2,1H3,(H,20,21)/t11-,16?,17?/m1/s1. The van der Waals surface area contributed by atoms with E-state index in [1.54, 1.807) is 0 Å². The third kappa shape index (κ3) is 1.88. The molecule has 2 bridgehead atoms. The molecule has 0 aliphatic heterocycles. The number of carbonyl (C=O) groups excluding carboxylic acids is 1. The van der Waals surface area contributed by atoms with Crippen LogP contribution in [0.15, 0.2) is 30.5 Å². The van der Waals surface area contributed by atoms with Crippen molar-refractivity contribution in [2.75, 3.05) is 0 Å². The topological polar surface area (TPSA) is 44.9 Å². The van der Waals surface area contributed by atoms with E-state index >= 15 is 0 Å². The third-order valence-electron chi connectivity index (χ3n) is 5.03. The molecule has 2 N–H and O–H groups in total. The van der Waals surface area contributed by atoms with Gasteiger partial charge in [-0.1, -0.05) is 18.2 Å². The molecule has 5 rings (SSSR count). The number of carbonyl (C=O) groups is 1. The van der Waals surface area contributed by atoms with Gasteiger partial charge in [0.2, 0.25) is 5.91 Å². The van der Waals surface area contributed by atoms with Crippen molar-refractivity contribution < 1.29 is 9.18 Å². The molecule has 0 spiro atoms. The molecule has 21 heavy (non-hydrogen) atoms. The van der Waals surface area contributed by atoms with Crippen molar-refractivity contribution in [3.05, 3.63) is 36.0 Å². The zero-order chi connectivity index (χ0) is 14.7. The summed E-state index contributed by atoms with van der Waals surface area (Å²) in [5.41, 5.74) is 0.920. The number of amides is 1. The van der Waals surface area contributed by atoms with Crippen LogP contribution in [0.1, 0.15) is 31.7 Å². The minimum atomic E-state index is -1.02. The third-order valence-corrected chi connectivity index (χ3v) is 5.03. The van der Waals surface area contributed by atoms with Crippen LogP contribution in [0.4, 0.5) is 4.39 Å². The minimum absolute atomic E-state index is 0.0365. The van der Waals surface area contributed by atoms with E-state index in [0.717, 1.165) is 11.9 Å². The molecule has 3 aliphatic carbocycles. The average Bonchev–Trinajstić information content (AvgIpc) is 2.77. The van der Waals surface area contributed by atoms with E-state index in [0.29, 0.717) is 19.3 Å². The maximum absolute atomic E-state index is 13.5. The fraction of sp³-hybridized carbons (Fsp3) is 0.471. The first-order valence-corrected chi connectivity index (χ1v) is 7.55. The smallest absolute Gasteiger partial charge is 0.226 e. The Kier molecular flexibility index (Phi) is 2.51. The summed E-state index contributed by atoms with van der Waals surface area (Å²) in [5.74, 6) is 0.0365. The highest BCUT2D eigenvalue weighted by Gasteiger charge is 2.72. The number of benzene rings is 1. The lowest BCUT2D eigenvalue weighted by Crippen LogP contribution is -2.70. The van der Waals surface area contributed by atoms with Crippen LogP contribution in [0.3, 0.4) is 0 Å². The lowest BCUT2D eigenvalue weighted by atomic mass is 9.42. The molecule has 1 amide bonds. The number of nitrogens with one attached hydrogen (secondary N) is 2. The molecule has 1 atom stereocenters. The molecule has 110 valence electrons. The molecule has 3 fully saturated rings. The van der Waals surface area contributed by atoms with E-state index in [9.17, 15) is 9.18 Å². The minimum Gasteiger partial charge on any atom is -0.361 e. The van der Waals surface area contributed by atoms with Crippen LogP contribution in [-0.4, -0.2) is 22.6 Å². The van der Waals surface area contributed by atoms with Crippen molar-refractivity contribution in [1.29, 1.82) is 0 Å². The van der Waals surface area contributed by atoms with E-state index in [1.165, 1.54) is 10.9 Å². The maximum atomic E-state index is 13.5. The molecule has 3 saturated carbocycles. The van der Waals surface area contributed by atoms with Crippen LogP contribution in [0.2, 0.25) is 0 Å². The molecule has 0 unspecified atom stereocenters. The molecule has 1 aromatic heterocycles. The van der Waals surface area contributed by atoms with Gasteiger partial charge in [-0.15, -0.1) is 0 Å². The molecule has 1 heterocycles. The van der Waals surface area contributed by atoms with Gasteiger partial charge in [-0.25, -0.2) is 4.39 Å². The van der Waals surface area contributed by atoms with E-state index < -0.39 is 5.67 Å². The number of halogens is 1. The number of para-hydroxylation sites is 1. The summed E-state index contributed by atoms with van der Waals surface area (Å²) in [7, 11) is 0. The van der Waals surface area contributed by atoms with Crippen LogP contribution in [-0.2, 0) is 11.2 Å². The number of hydrogen-bond donors (Lipinski definition) is 2. The van der Waals surface area contributed by atoms with Gasteiger partial charge in [-0.2, -0.15) is 0 Å². The van der Waals surface area contributed by atoms with Gasteiger partial charge in [0, 0.05) is 23.1 Å². The molecule has 4 heteroatoms. The highest BCUT2D eigenvalue weighted by Crippen LogP contribution is 2.69. The van der Waals surface area contributed by atoms with E-state index in [1.807, 2.05) is 31.3 Å². The number of alkyl halides is 1. The van der Waals surface area contributed by atoms with Gasteiger partial charge in [0.1, 0.15) is 5.67 Å². The van der Waals surface area contributed by atoms with Gasteiger partial charge in [0.25, 0.3) is 0 Å². The van der Waals surface area contributed by atoms with Gasteiger partial charge >= 0.3 is 0 Å². The summed E-state index contributed by atoms with van der Waals surface area (Å²) in [6, 6.07) is 8.21. The summed E-state index contributed by atoms with van der Waals surface area (Å²) >= 11 is 0. The van der Waals surface area contributed by atoms with Crippen LogP contribution in [0.25, 0.3) is 10.9 Å². The largest absolute Gasteiger partial charge is 0.361 e. The first-order valence-electron chi connectivity index (χ1n) is 7.55. The van der Waals surface area contributed by atoms with Gasteiger partial charge in [0.15, 0.2) is 0 Å². The van der Waals surface area contributed by atoms with E-state index in [-0.39, 0.29) is 17.4 Å². The molecule has 1 aromatic carbocycles. The Bertz CT molecular complexity index is 701. The zero-order valence-corrected chi connectivity index (χ0v) is 12.1. The molecule has 0 radical (unpaired) electrons. The maximum Gasteiger partial charge on any atom is 0.226 e. The van der Waals surface area contributed by atoms with Crippen molar-refractivity contribution in [1.82, 2.24) is 10.3 Å². The van der Waals surface area contributed by atoms with Crippen LogP contribution < -0.4 is 5.32 Å². The van der Waals surface area contributed by atoms with Crippen LogP contribution in [0, 0.1) is 5.41 Å². The van der Waals surface area contributed by atoms with E-state index in [2.05, 4.69) is 16.4 Å². The number of hydrogen-bond acceptors (Lipinski definition) is 1. The molecular formula is C17H19FN2O. The summed E-state index contributed by atoms with van der Waals surface area (Å²) in [6.45, 7) is 2.01. The Balaban J connectivity index is 1.42. The van der Waals surface area contributed by atoms with Crippen molar-refractivity contribution in [3.8, 4) is 0 Å². The highest BCUT2D eigenvalue weighted by molar-refractivity contribution is 5.87. The van der Waals surface area contributed by atoms with Gasteiger partial charge < -0.3 is 10.3 Å². The fourth-order valence-corrected chi connectivity index (χ4v) is 3.96. The van der Waals surface area contributed by atoms with Crippen molar-refractivity contribution in [3.63, 3.8) is 0 Å². The Morgan fingerprint density at radius 3 is 2.81 bits per heavy atom. The zero-order valence-electron chi connectivity index (χ0n) is 12.1. The summed E-state index contributed by atoms with van der Waals surface area (Å²) < 4.78 is 13.5. The summed E-state index contributed by atoms with van der Waals surface area (Å²) in [5, 5.41) is 4.26. The normalized spacial score (nSPS) is 31.3. The van der Waals surface area contributed by atoms with E-state index in [4.69, 9.17) is 0 Å². The highest BCUT2D eigenvalue weighted by atomic mass is 19.1. The predicted molar refractivity (Wildman–Crippen MR) is 79.7 cm³/mol. The first kappa shape index (κ1) is 12.9. The monoisotopic (exact) mass is 286 g/mol. The predicted octanol–water partition coefficient (Wildman–Crippen LogP) is 3.11. The molecule has 2 aromatic rings. The summed E-state index contributed by atoms with van der Waals surface area (Å²) in [4.78, 5) is 15.5. The number of fused-ring (bicyclic) bond motifs is 1. The van der Waals surface area contributed by atoms with Gasteiger partial charge in [-0.05, 0) is 44.2 Å². The van der Waals surface area contributed by atoms with Crippen LogP contribution >= 0.6 is 0 Å². The Labute approximate surface area is 122 Å². The quantitative estimate of drug-likeness (QED) is 0.891. The van der Waals surface area contributed by atoms with Crippen molar-refractivity contribution >= 4 is 16.8 Å².